The minimum Gasteiger partial charge on any atom is -0.379 e. The number of nitrogens with one attached hydrogen (secondary N) is 1. The van der Waals surface area contributed by atoms with E-state index >= 15 is 0 Å². The fourth-order valence-corrected chi connectivity index (χ4v) is 6.76. The first kappa shape index (κ1) is 19.6. The first-order valence-electron chi connectivity index (χ1n) is 9.62. The van der Waals surface area contributed by atoms with Crippen molar-refractivity contribution in [1.82, 2.24) is 15.1 Å². The summed E-state index contributed by atoms with van der Waals surface area (Å²) in [6.45, 7) is 11.8. The van der Waals surface area contributed by atoms with Crippen LogP contribution in [0.25, 0.3) is 0 Å². The van der Waals surface area contributed by atoms with Gasteiger partial charge in [0, 0.05) is 62.1 Å². The van der Waals surface area contributed by atoms with Crippen LogP contribution in [0.1, 0.15) is 20.3 Å². The molecule has 5 nitrogen and oxygen atoms in total. The second-order valence-electron chi connectivity index (χ2n) is 7.63. The van der Waals surface area contributed by atoms with Gasteiger partial charge in [-0.15, -0.1) is 0 Å². The van der Waals surface area contributed by atoms with Gasteiger partial charge < -0.3 is 15.0 Å². The standard InChI is InChI=1S/C18H34N4OS2/c1-15(2)16-12-21(7-11-25-16)17(19-3)20-13-18(4-10-24-14-18)22-5-8-23-9-6-22/h15-16H,4-14H2,1-3H3,(H,19,20). The minimum atomic E-state index is 0.270. The third-order valence-electron chi connectivity index (χ3n) is 5.69. The van der Waals surface area contributed by atoms with E-state index in [1.54, 1.807) is 0 Å². The highest BCUT2D eigenvalue weighted by Gasteiger charge is 2.41. The summed E-state index contributed by atoms with van der Waals surface area (Å²) in [7, 11) is 1.93. The number of ether oxygens (including phenoxy) is 1. The molecule has 3 rings (SSSR count). The van der Waals surface area contributed by atoms with Gasteiger partial charge in [-0.05, 0) is 18.1 Å². The Balaban J connectivity index is 1.61. The summed E-state index contributed by atoms with van der Waals surface area (Å²) < 4.78 is 5.58. The number of guanidine groups is 1. The number of hydrogen-bond donors (Lipinski definition) is 1. The van der Waals surface area contributed by atoms with E-state index in [-0.39, 0.29) is 5.54 Å². The van der Waals surface area contributed by atoms with E-state index in [4.69, 9.17) is 4.74 Å². The zero-order valence-electron chi connectivity index (χ0n) is 16.0. The second kappa shape index (κ2) is 9.20. The van der Waals surface area contributed by atoms with Crippen molar-refractivity contribution in [3.63, 3.8) is 0 Å². The van der Waals surface area contributed by atoms with E-state index in [9.17, 15) is 0 Å². The lowest BCUT2D eigenvalue weighted by Crippen LogP contribution is -2.60. The van der Waals surface area contributed by atoms with Gasteiger partial charge in [0.25, 0.3) is 0 Å². The molecule has 0 aromatic heterocycles. The third-order valence-corrected chi connectivity index (χ3v) is 8.46. The van der Waals surface area contributed by atoms with Crippen molar-refractivity contribution in [3.8, 4) is 0 Å². The van der Waals surface area contributed by atoms with Gasteiger partial charge in [0.1, 0.15) is 0 Å². The maximum absolute atomic E-state index is 5.58. The number of thioether (sulfide) groups is 2. The van der Waals surface area contributed by atoms with Crippen LogP contribution >= 0.6 is 23.5 Å². The zero-order chi connectivity index (χ0) is 17.7. The molecule has 0 saturated carbocycles. The van der Waals surface area contributed by atoms with Crippen LogP contribution in [-0.2, 0) is 4.74 Å². The number of rotatable bonds is 4. The number of nitrogens with zero attached hydrogens (tertiary/aromatic N) is 3. The molecule has 3 heterocycles. The Labute approximate surface area is 161 Å². The van der Waals surface area contributed by atoms with E-state index in [2.05, 4.69) is 57.5 Å². The summed E-state index contributed by atoms with van der Waals surface area (Å²) in [4.78, 5) is 9.75. The predicted octanol–water partition coefficient (Wildman–Crippen LogP) is 1.84. The van der Waals surface area contributed by atoms with E-state index in [1.165, 1.54) is 23.7 Å². The molecule has 3 saturated heterocycles. The van der Waals surface area contributed by atoms with Crippen LogP contribution in [0.3, 0.4) is 0 Å². The minimum absolute atomic E-state index is 0.270. The Kier molecular flexibility index (Phi) is 7.23. The number of aliphatic imine (C=N–C) groups is 1. The van der Waals surface area contributed by atoms with Gasteiger partial charge in [0.2, 0.25) is 0 Å². The van der Waals surface area contributed by atoms with Crippen molar-refractivity contribution in [2.24, 2.45) is 10.9 Å². The van der Waals surface area contributed by atoms with Crippen LogP contribution in [0.4, 0.5) is 0 Å². The summed E-state index contributed by atoms with van der Waals surface area (Å²) in [6.07, 6.45) is 1.27. The zero-order valence-corrected chi connectivity index (χ0v) is 17.6. The summed E-state index contributed by atoms with van der Waals surface area (Å²) in [6, 6.07) is 0. The van der Waals surface area contributed by atoms with Gasteiger partial charge in [0.05, 0.1) is 13.2 Å². The highest BCUT2D eigenvalue weighted by Crippen LogP contribution is 2.33. The summed E-state index contributed by atoms with van der Waals surface area (Å²) in [5, 5.41) is 4.46. The first-order valence-corrected chi connectivity index (χ1v) is 11.8. The maximum Gasteiger partial charge on any atom is 0.193 e. The summed E-state index contributed by atoms with van der Waals surface area (Å²) >= 11 is 4.21. The molecular formula is C18H34N4OS2. The van der Waals surface area contributed by atoms with Crippen molar-refractivity contribution in [2.45, 2.75) is 31.1 Å². The van der Waals surface area contributed by atoms with Crippen molar-refractivity contribution >= 4 is 29.5 Å². The van der Waals surface area contributed by atoms with Crippen molar-refractivity contribution in [1.29, 1.82) is 0 Å². The quantitative estimate of drug-likeness (QED) is 0.587. The largest absolute Gasteiger partial charge is 0.379 e. The van der Waals surface area contributed by atoms with Crippen molar-refractivity contribution in [3.05, 3.63) is 0 Å². The Morgan fingerprint density at radius 2 is 2.08 bits per heavy atom. The molecule has 0 bridgehead atoms. The van der Waals surface area contributed by atoms with E-state index in [0.29, 0.717) is 5.25 Å². The van der Waals surface area contributed by atoms with Crippen LogP contribution in [0.5, 0.6) is 0 Å². The Morgan fingerprint density at radius 1 is 1.28 bits per heavy atom. The second-order valence-corrected chi connectivity index (χ2v) is 10.1. The third kappa shape index (κ3) is 4.79. The highest BCUT2D eigenvalue weighted by atomic mass is 32.2. The van der Waals surface area contributed by atoms with Crippen molar-refractivity contribution < 1.29 is 4.74 Å². The molecule has 0 radical (unpaired) electrons. The van der Waals surface area contributed by atoms with Gasteiger partial charge in [-0.2, -0.15) is 23.5 Å². The van der Waals surface area contributed by atoms with Gasteiger partial charge in [-0.1, -0.05) is 13.8 Å². The van der Waals surface area contributed by atoms with Crippen LogP contribution in [0, 0.1) is 5.92 Å². The molecule has 0 aliphatic carbocycles. The molecule has 2 atom stereocenters. The van der Waals surface area contributed by atoms with Gasteiger partial charge >= 0.3 is 0 Å². The average Bonchev–Trinajstić information content (AvgIpc) is 3.13. The Bertz CT molecular complexity index is 448. The van der Waals surface area contributed by atoms with Crippen LogP contribution in [0.2, 0.25) is 0 Å². The molecule has 1 N–H and O–H groups in total. The Morgan fingerprint density at radius 3 is 2.72 bits per heavy atom. The molecule has 3 aliphatic heterocycles. The molecule has 0 amide bonds. The monoisotopic (exact) mass is 386 g/mol. The molecular weight excluding hydrogens is 352 g/mol. The number of hydrogen-bond acceptors (Lipinski definition) is 5. The summed E-state index contributed by atoms with van der Waals surface area (Å²) in [5.41, 5.74) is 0.270. The lowest BCUT2D eigenvalue weighted by molar-refractivity contribution is -0.0121. The first-order chi connectivity index (χ1) is 12.1. The lowest BCUT2D eigenvalue weighted by atomic mass is 9.95. The van der Waals surface area contributed by atoms with E-state index in [0.717, 1.165) is 57.8 Å². The van der Waals surface area contributed by atoms with E-state index < -0.39 is 0 Å². The SMILES string of the molecule is CN=C(NCC1(N2CCOCC2)CCSC1)N1CCSC(C(C)C)C1. The smallest absolute Gasteiger partial charge is 0.193 e. The van der Waals surface area contributed by atoms with Crippen molar-refractivity contribution in [2.75, 3.05) is 70.2 Å². The molecule has 25 heavy (non-hydrogen) atoms. The molecule has 0 aromatic carbocycles. The molecule has 3 aliphatic rings. The highest BCUT2D eigenvalue weighted by molar-refractivity contribution is 8.00. The van der Waals surface area contributed by atoms with E-state index in [1.807, 2.05) is 7.05 Å². The van der Waals surface area contributed by atoms with Gasteiger partial charge in [0.15, 0.2) is 5.96 Å². The summed E-state index contributed by atoms with van der Waals surface area (Å²) in [5.74, 6) is 5.51. The van der Waals surface area contributed by atoms with Gasteiger partial charge in [-0.25, -0.2) is 0 Å². The maximum atomic E-state index is 5.58. The fourth-order valence-electron chi connectivity index (χ4n) is 3.98. The van der Waals surface area contributed by atoms with Gasteiger partial charge in [-0.3, -0.25) is 9.89 Å². The molecule has 0 aromatic rings. The average molecular weight is 387 g/mol. The van der Waals surface area contributed by atoms with Crippen LogP contribution < -0.4 is 5.32 Å². The molecule has 3 fully saturated rings. The topological polar surface area (TPSA) is 40.1 Å². The fraction of sp³-hybridized carbons (Fsp3) is 0.944. The predicted molar refractivity (Wildman–Crippen MR) is 111 cm³/mol. The van der Waals surface area contributed by atoms with Crippen LogP contribution in [0.15, 0.2) is 4.99 Å². The molecule has 7 heteroatoms. The van der Waals surface area contributed by atoms with Crippen LogP contribution in [-0.4, -0.2) is 96.8 Å². The molecule has 2 unspecified atom stereocenters. The molecule has 144 valence electrons. The molecule has 0 spiro atoms. The number of morpholine rings is 1. The lowest BCUT2D eigenvalue weighted by Gasteiger charge is -2.44. The Hall–Kier alpha value is -0.110. The normalized spacial score (nSPS) is 32.4.